The van der Waals surface area contributed by atoms with E-state index < -0.39 is 0 Å². The van der Waals surface area contributed by atoms with E-state index in [9.17, 15) is 0 Å². The number of anilines is 1. The van der Waals surface area contributed by atoms with Crippen molar-refractivity contribution >= 4 is 11.6 Å². The molecule has 26 heavy (non-hydrogen) atoms. The first-order valence-corrected chi connectivity index (χ1v) is 9.58. The number of hydrogen-bond donors (Lipinski definition) is 2. The standard InChI is InChI=1S/C20H34N4O2/c1-17(24(3)19-8-5-4-6-9-19)14-23-20(21-2)22-11-7-12-25-15-18-10-13-26-16-18/h4-6,8-9,17-18H,7,10-16H2,1-3H3,(H2,21,22,23). The third-order valence-electron chi connectivity index (χ3n) is 4.75. The van der Waals surface area contributed by atoms with Crippen LogP contribution in [0, 0.1) is 5.92 Å². The van der Waals surface area contributed by atoms with E-state index >= 15 is 0 Å². The van der Waals surface area contributed by atoms with Crippen molar-refractivity contribution in [2.45, 2.75) is 25.8 Å². The summed E-state index contributed by atoms with van der Waals surface area (Å²) in [5.41, 5.74) is 1.22. The van der Waals surface area contributed by atoms with Gasteiger partial charge in [0.05, 0.1) is 13.2 Å². The molecule has 0 amide bonds. The molecule has 2 unspecified atom stereocenters. The summed E-state index contributed by atoms with van der Waals surface area (Å²) in [7, 11) is 3.92. The molecule has 1 saturated heterocycles. The Kier molecular flexibility index (Phi) is 9.28. The zero-order valence-corrected chi connectivity index (χ0v) is 16.4. The second-order valence-electron chi connectivity index (χ2n) is 6.83. The lowest BCUT2D eigenvalue weighted by atomic mass is 10.1. The second kappa shape index (κ2) is 11.8. The Morgan fingerprint density at radius 3 is 2.85 bits per heavy atom. The van der Waals surface area contributed by atoms with Crippen LogP contribution in [0.1, 0.15) is 19.8 Å². The molecule has 0 saturated carbocycles. The van der Waals surface area contributed by atoms with Crippen LogP contribution in [0.3, 0.4) is 0 Å². The summed E-state index contributed by atoms with van der Waals surface area (Å²) < 4.78 is 11.1. The van der Waals surface area contributed by atoms with E-state index in [1.165, 1.54) is 5.69 Å². The lowest BCUT2D eigenvalue weighted by Crippen LogP contribution is -2.45. The average molecular weight is 363 g/mol. The molecule has 2 rings (SSSR count). The zero-order valence-electron chi connectivity index (χ0n) is 16.4. The van der Waals surface area contributed by atoms with Crippen molar-refractivity contribution in [3.8, 4) is 0 Å². The number of nitrogens with zero attached hydrogens (tertiary/aromatic N) is 2. The van der Waals surface area contributed by atoms with Crippen LogP contribution in [0.25, 0.3) is 0 Å². The van der Waals surface area contributed by atoms with Crippen molar-refractivity contribution in [2.75, 3.05) is 58.5 Å². The van der Waals surface area contributed by atoms with Gasteiger partial charge in [0.1, 0.15) is 0 Å². The van der Waals surface area contributed by atoms with Crippen LogP contribution in [-0.4, -0.2) is 65.6 Å². The van der Waals surface area contributed by atoms with E-state index in [4.69, 9.17) is 9.47 Å². The molecule has 1 aliphatic rings. The molecule has 0 aromatic heterocycles. The molecule has 1 aromatic rings. The van der Waals surface area contributed by atoms with E-state index in [1.54, 1.807) is 7.05 Å². The molecular formula is C20H34N4O2. The van der Waals surface area contributed by atoms with Gasteiger partial charge in [0.25, 0.3) is 0 Å². The van der Waals surface area contributed by atoms with Crippen molar-refractivity contribution in [3.63, 3.8) is 0 Å². The first-order chi connectivity index (χ1) is 12.7. The fraction of sp³-hybridized carbons (Fsp3) is 0.650. The number of nitrogens with one attached hydrogen (secondary N) is 2. The highest BCUT2D eigenvalue weighted by molar-refractivity contribution is 5.79. The number of para-hydroxylation sites is 1. The highest BCUT2D eigenvalue weighted by Gasteiger charge is 2.15. The van der Waals surface area contributed by atoms with E-state index in [0.717, 1.165) is 58.3 Å². The van der Waals surface area contributed by atoms with E-state index in [1.807, 2.05) is 6.07 Å². The van der Waals surface area contributed by atoms with Gasteiger partial charge >= 0.3 is 0 Å². The predicted octanol–water partition coefficient (Wildman–Crippen LogP) is 2.12. The maximum Gasteiger partial charge on any atom is 0.191 e. The van der Waals surface area contributed by atoms with Gasteiger partial charge in [-0.2, -0.15) is 0 Å². The molecule has 6 heteroatoms. The maximum atomic E-state index is 5.72. The molecule has 0 aliphatic carbocycles. The molecule has 6 nitrogen and oxygen atoms in total. The number of aliphatic imine (C=N–C) groups is 1. The molecule has 2 atom stereocenters. The van der Waals surface area contributed by atoms with Gasteiger partial charge in [-0.15, -0.1) is 0 Å². The number of rotatable bonds is 10. The van der Waals surface area contributed by atoms with Crippen LogP contribution in [0.5, 0.6) is 0 Å². The third kappa shape index (κ3) is 7.22. The fourth-order valence-corrected chi connectivity index (χ4v) is 2.87. The molecule has 0 bridgehead atoms. The van der Waals surface area contributed by atoms with Crippen LogP contribution in [-0.2, 0) is 9.47 Å². The summed E-state index contributed by atoms with van der Waals surface area (Å²) >= 11 is 0. The van der Waals surface area contributed by atoms with Gasteiger partial charge in [-0.1, -0.05) is 18.2 Å². The minimum Gasteiger partial charge on any atom is -0.381 e. The molecule has 1 heterocycles. The lowest BCUT2D eigenvalue weighted by molar-refractivity contribution is 0.0888. The van der Waals surface area contributed by atoms with Gasteiger partial charge in [-0.3, -0.25) is 4.99 Å². The van der Waals surface area contributed by atoms with Crippen LogP contribution >= 0.6 is 0 Å². The highest BCUT2D eigenvalue weighted by Crippen LogP contribution is 2.13. The molecular weight excluding hydrogens is 328 g/mol. The Morgan fingerprint density at radius 1 is 1.35 bits per heavy atom. The van der Waals surface area contributed by atoms with Crippen molar-refractivity contribution in [2.24, 2.45) is 10.9 Å². The maximum absolute atomic E-state index is 5.72. The molecule has 1 aliphatic heterocycles. The Morgan fingerprint density at radius 2 is 2.15 bits per heavy atom. The van der Waals surface area contributed by atoms with Crippen molar-refractivity contribution in [1.82, 2.24) is 10.6 Å². The molecule has 1 fully saturated rings. The molecule has 2 N–H and O–H groups in total. The SMILES string of the molecule is CN=C(NCCCOCC1CCOC1)NCC(C)N(C)c1ccccc1. The zero-order chi connectivity index (χ0) is 18.6. The summed E-state index contributed by atoms with van der Waals surface area (Å²) in [5.74, 6) is 1.42. The van der Waals surface area contributed by atoms with Crippen LogP contribution in [0.4, 0.5) is 5.69 Å². The lowest BCUT2D eigenvalue weighted by Gasteiger charge is -2.27. The highest BCUT2D eigenvalue weighted by atomic mass is 16.5. The van der Waals surface area contributed by atoms with Crippen LogP contribution in [0.2, 0.25) is 0 Å². The van der Waals surface area contributed by atoms with Crippen LogP contribution < -0.4 is 15.5 Å². The summed E-state index contributed by atoms with van der Waals surface area (Å²) in [6.07, 6.45) is 2.10. The first-order valence-electron chi connectivity index (χ1n) is 9.58. The number of likely N-dealkylation sites (N-methyl/N-ethyl adjacent to an activating group) is 1. The minimum atomic E-state index is 0.355. The normalized spacial score (nSPS) is 18.6. The number of guanidine groups is 1. The van der Waals surface area contributed by atoms with E-state index in [2.05, 4.69) is 58.8 Å². The van der Waals surface area contributed by atoms with Gasteiger partial charge in [0.15, 0.2) is 5.96 Å². The quantitative estimate of drug-likeness (QED) is 0.379. The minimum absolute atomic E-state index is 0.355. The summed E-state index contributed by atoms with van der Waals surface area (Å²) in [5, 5.41) is 6.74. The Hall–Kier alpha value is -1.79. The van der Waals surface area contributed by atoms with Crippen molar-refractivity contribution < 1.29 is 9.47 Å². The number of hydrogen-bond acceptors (Lipinski definition) is 4. The summed E-state index contributed by atoms with van der Waals surface area (Å²) in [6, 6.07) is 10.8. The van der Waals surface area contributed by atoms with Gasteiger partial charge in [-0.05, 0) is 31.9 Å². The number of ether oxygens (including phenoxy) is 2. The molecule has 0 radical (unpaired) electrons. The topological polar surface area (TPSA) is 58.1 Å². The third-order valence-corrected chi connectivity index (χ3v) is 4.75. The Labute approximate surface area is 158 Å². The van der Waals surface area contributed by atoms with Gasteiger partial charge in [0, 0.05) is 58.0 Å². The van der Waals surface area contributed by atoms with Crippen LogP contribution in [0.15, 0.2) is 35.3 Å². The molecule has 0 spiro atoms. The average Bonchev–Trinajstić information content (AvgIpc) is 3.20. The van der Waals surface area contributed by atoms with Gasteiger partial charge in [-0.25, -0.2) is 0 Å². The smallest absolute Gasteiger partial charge is 0.191 e. The second-order valence-corrected chi connectivity index (χ2v) is 6.83. The largest absolute Gasteiger partial charge is 0.381 e. The van der Waals surface area contributed by atoms with Crippen molar-refractivity contribution in [3.05, 3.63) is 30.3 Å². The number of benzene rings is 1. The first kappa shape index (κ1) is 20.5. The molecule has 1 aromatic carbocycles. The Balaban J connectivity index is 1.56. The van der Waals surface area contributed by atoms with Gasteiger partial charge < -0.3 is 25.0 Å². The summed E-state index contributed by atoms with van der Waals surface area (Å²) in [4.78, 5) is 6.56. The fourth-order valence-electron chi connectivity index (χ4n) is 2.87. The molecule has 146 valence electrons. The van der Waals surface area contributed by atoms with Crippen molar-refractivity contribution in [1.29, 1.82) is 0 Å². The Bertz CT molecular complexity index is 518. The summed E-state index contributed by atoms with van der Waals surface area (Å²) in [6.45, 7) is 7.20. The van der Waals surface area contributed by atoms with E-state index in [0.29, 0.717) is 12.0 Å². The van der Waals surface area contributed by atoms with Gasteiger partial charge in [0.2, 0.25) is 0 Å². The van der Waals surface area contributed by atoms with E-state index in [-0.39, 0.29) is 0 Å². The predicted molar refractivity (Wildman–Crippen MR) is 108 cm³/mol. The monoisotopic (exact) mass is 362 g/mol.